The number of methoxy groups -OCH3 is 1. The van der Waals surface area contributed by atoms with Crippen LogP contribution in [-0.2, 0) is 4.79 Å². The van der Waals surface area contributed by atoms with E-state index in [1.807, 2.05) is 39.0 Å². The summed E-state index contributed by atoms with van der Waals surface area (Å²) in [5, 5.41) is 2.97. The van der Waals surface area contributed by atoms with E-state index in [4.69, 9.17) is 16.3 Å². The summed E-state index contributed by atoms with van der Waals surface area (Å²) >= 11 is 9.23. The van der Waals surface area contributed by atoms with E-state index in [-0.39, 0.29) is 17.8 Å². The molecule has 5 heteroatoms. The summed E-state index contributed by atoms with van der Waals surface area (Å²) in [4.78, 5) is 12.1. The van der Waals surface area contributed by atoms with Crippen LogP contribution in [0.15, 0.2) is 22.7 Å². The van der Waals surface area contributed by atoms with Gasteiger partial charge in [-0.1, -0.05) is 6.07 Å². The van der Waals surface area contributed by atoms with Gasteiger partial charge in [-0.2, -0.15) is 0 Å². The lowest BCUT2D eigenvalue weighted by atomic mass is 9.94. The molecule has 1 aromatic carbocycles. The number of alkyl halides is 1. The Kier molecular flexibility index (Phi) is 5.68. The van der Waals surface area contributed by atoms with E-state index < -0.39 is 5.41 Å². The van der Waals surface area contributed by atoms with Crippen LogP contribution in [0.3, 0.4) is 0 Å². The highest BCUT2D eigenvalue weighted by Gasteiger charge is 2.27. The van der Waals surface area contributed by atoms with Crippen molar-refractivity contribution >= 4 is 33.4 Å². The molecule has 19 heavy (non-hydrogen) atoms. The van der Waals surface area contributed by atoms with Crippen molar-refractivity contribution in [3.8, 4) is 5.75 Å². The van der Waals surface area contributed by atoms with Crippen molar-refractivity contribution in [2.45, 2.75) is 26.8 Å². The number of halogens is 2. The number of hydrogen-bond donors (Lipinski definition) is 1. The van der Waals surface area contributed by atoms with Crippen molar-refractivity contribution in [3.63, 3.8) is 0 Å². The molecule has 0 fully saturated rings. The van der Waals surface area contributed by atoms with Crippen molar-refractivity contribution in [1.29, 1.82) is 0 Å². The van der Waals surface area contributed by atoms with Gasteiger partial charge in [0.15, 0.2) is 0 Å². The molecule has 1 aromatic rings. The molecular weight excluding hydrogens is 330 g/mol. The molecule has 0 aromatic heterocycles. The van der Waals surface area contributed by atoms with Crippen LogP contribution < -0.4 is 10.1 Å². The summed E-state index contributed by atoms with van der Waals surface area (Å²) in [7, 11) is 1.62. The smallest absolute Gasteiger partial charge is 0.227 e. The van der Waals surface area contributed by atoms with Gasteiger partial charge in [-0.3, -0.25) is 4.79 Å². The van der Waals surface area contributed by atoms with Crippen LogP contribution in [0, 0.1) is 5.41 Å². The Hall–Kier alpha value is -0.740. The fraction of sp³-hybridized carbons (Fsp3) is 0.500. The highest BCUT2D eigenvalue weighted by molar-refractivity contribution is 9.10. The average Bonchev–Trinajstić information content (AvgIpc) is 2.38. The second kappa shape index (κ2) is 6.62. The van der Waals surface area contributed by atoms with Crippen molar-refractivity contribution in [3.05, 3.63) is 28.2 Å². The zero-order valence-electron chi connectivity index (χ0n) is 11.6. The van der Waals surface area contributed by atoms with Gasteiger partial charge in [0.25, 0.3) is 0 Å². The van der Waals surface area contributed by atoms with Crippen LogP contribution in [0.4, 0.5) is 0 Å². The standard InChI is InChI=1S/C14H19BrClNO2/c1-9(17-13(18)14(2,3)8-16)10-5-6-12(19-4)11(15)7-10/h5-7,9H,8H2,1-4H3,(H,17,18). The summed E-state index contributed by atoms with van der Waals surface area (Å²) in [6, 6.07) is 5.66. The maximum Gasteiger partial charge on any atom is 0.227 e. The third kappa shape index (κ3) is 4.11. The largest absolute Gasteiger partial charge is 0.496 e. The van der Waals surface area contributed by atoms with E-state index in [0.29, 0.717) is 0 Å². The molecule has 0 saturated carbocycles. The zero-order chi connectivity index (χ0) is 14.6. The van der Waals surface area contributed by atoms with E-state index in [1.54, 1.807) is 7.11 Å². The summed E-state index contributed by atoms with van der Waals surface area (Å²) in [6.45, 7) is 5.59. The first-order chi connectivity index (χ1) is 8.81. The zero-order valence-corrected chi connectivity index (χ0v) is 13.9. The maximum atomic E-state index is 12.1. The molecule has 1 unspecified atom stereocenters. The second-order valence-corrected chi connectivity index (χ2v) is 6.23. The van der Waals surface area contributed by atoms with Gasteiger partial charge in [0.05, 0.1) is 23.0 Å². The van der Waals surface area contributed by atoms with Crippen molar-refractivity contribution in [2.75, 3.05) is 13.0 Å². The minimum absolute atomic E-state index is 0.0538. The SMILES string of the molecule is COc1ccc(C(C)NC(=O)C(C)(C)CCl)cc1Br. The van der Waals surface area contributed by atoms with Gasteiger partial charge in [0, 0.05) is 5.88 Å². The molecule has 1 N–H and O–H groups in total. The van der Waals surface area contributed by atoms with Crippen molar-refractivity contribution in [1.82, 2.24) is 5.32 Å². The number of nitrogens with one attached hydrogen (secondary N) is 1. The Morgan fingerprint density at radius 3 is 2.63 bits per heavy atom. The summed E-state index contributed by atoms with van der Waals surface area (Å²) in [5.74, 6) is 1.00. The molecule has 0 heterocycles. The fourth-order valence-electron chi connectivity index (χ4n) is 1.49. The topological polar surface area (TPSA) is 38.3 Å². The lowest BCUT2D eigenvalue weighted by Crippen LogP contribution is -2.39. The molecule has 0 aliphatic heterocycles. The number of benzene rings is 1. The molecule has 0 aliphatic rings. The third-order valence-electron chi connectivity index (χ3n) is 2.97. The van der Waals surface area contributed by atoms with Crippen LogP contribution >= 0.6 is 27.5 Å². The van der Waals surface area contributed by atoms with Gasteiger partial charge in [-0.15, -0.1) is 11.6 Å². The predicted molar refractivity (Wildman–Crippen MR) is 81.8 cm³/mol. The molecule has 1 amide bonds. The van der Waals surface area contributed by atoms with E-state index in [2.05, 4.69) is 21.2 Å². The Morgan fingerprint density at radius 2 is 2.16 bits per heavy atom. The molecule has 0 radical (unpaired) electrons. The first kappa shape index (κ1) is 16.3. The highest BCUT2D eigenvalue weighted by atomic mass is 79.9. The quantitative estimate of drug-likeness (QED) is 0.820. The van der Waals surface area contributed by atoms with Gasteiger partial charge < -0.3 is 10.1 Å². The Morgan fingerprint density at radius 1 is 1.53 bits per heavy atom. The van der Waals surface area contributed by atoms with Gasteiger partial charge in [0.1, 0.15) is 5.75 Å². The minimum Gasteiger partial charge on any atom is -0.496 e. The molecule has 0 aliphatic carbocycles. The first-order valence-corrected chi connectivity index (χ1v) is 7.35. The minimum atomic E-state index is -0.570. The lowest BCUT2D eigenvalue weighted by molar-refractivity contribution is -0.129. The van der Waals surface area contributed by atoms with Gasteiger partial charge in [0.2, 0.25) is 5.91 Å². The van der Waals surface area contributed by atoms with Crippen LogP contribution in [0.2, 0.25) is 0 Å². The van der Waals surface area contributed by atoms with E-state index in [9.17, 15) is 4.79 Å². The monoisotopic (exact) mass is 347 g/mol. The fourth-order valence-corrected chi connectivity index (χ4v) is 2.17. The molecule has 1 atom stereocenters. The van der Waals surface area contributed by atoms with Crippen LogP contribution in [-0.4, -0.2) is 18.9 Å². The van der Waals surface area contributed by atoms with Crippen LogP contribution in [0.25, 0.3) is 0 Å². The number of hydrogen-bond acceptors (Lipinski definition) is 2. The Balaban J connectivity index is 2.81. The number of carbonyl (C=O) groups is 1. The van der Waals surface area contributed by atoms with Crippen LogP contribution in [0.1, 0.15) is 32.4 Å². The Labute approximate surface area is 127 Å². The van der Waals surface area contributed by atoms with Gasteiger partial charge in [-0.05, 0) is 54.4 Å². The van der Waals surface area contributed by atoms with E-state index >= 15 is 0 Å². The first-order valence-electron chi connectivity index (χ1n) is 6.02. The molecular formula is C14H19BrClNO2. The van der Waals surface area contributed by atoms with E-state index in [1.165, 1.54) is 0 Å². The number of carbonyl (C=O) groups excluding carboxylic acids is 1. The summed E-state index contributed by atoms with van der Waals surface area (Å²) < 4.78 is 6.05. The molecule has 106 valence electrons. The normalized spacial score (nSPS) is 12.9. The Bertz CT molecular complexity index is 463. The number of amides is 1. The van der Waals surface area contributed by atoms with Gasteiger partial charge in [-0.25, -0.2) is 0 Å². The van der Waals surface area contributed by atoms with E-state index in [0.717, 1.165) is 15.8 Å². The molecule has 0 spiro atoms. The third-order valence-corrected chi connectivity index (χ3v) is 4.26. The second-order valence-electron chi connectivity index (χ2n) is 5.11. The lowest BCUT2D eigenvalue weighted by Gasteiger charge is -2.24. The van der Waals surface area contributed by atoms with Crippen molar-refractivity contribution < 1.29 is 9.53 Å². The molecule has 3 nitrogen and oxygen atoms in total. The summed E-state index contributed by atoms with van der Waals surface area (Å²) in [5.41, 5.74) is 0.436. The maximum absolute atomic E-state index is 12.1. The van der Waals surface area contributed by atoms with Crippen molar-refractivity contribution in [2.24, 2.45) is 5.41 Å². The van der Waals surface area contributed by atoms with Gasteiger partial charge >= 0.3 is 0 Å². The predicted octanol–water partition coefficient (Wildman–Crippen LogP) is 3.90. The number of rotatable bonds is 5. The number of ether oxygens (including phenoxy) is 1. The molecule has 1 rings (SSSR count). The summed E-state index contributed by atoms with van der Waals surface area (Å²) in [6.07, 6.45) is 0. The van der Waals surface area contributed by atoms with Crippen LogP contribution in [0.5, 0.6) is 5.75 Å². The highest BCUT2D eigenvalue weighted by Crippen LogP contribution is 2.28. The average molecular weight is 349 g/mol. The molecule has 0 bridgehead atoms. The molecule has 0 saturated heterocycles.